The van der Waals surface area contributed by atoms with E-state index >= 15 is 0 Å². The van der Waals surface area contributed by atoms with E-state index in [-0.39, 0.29) is 5.91 Å². The first kappa shape index (κ1) is 27.9. The van der Waals surface area contributed by atoms with Crippen LogP contribution in [0.1, 0.15) is 95.1 Å². The fourth-order valence-corrected chi connectivity index (χ4v) is 8.57. The number of nitrogens with one attached hydrogen (secondary N) is 1. The standard InChI is InChI=1S/C38H44N4O2/c39-16-3-1-2-4-17-40-38(43)28-11-5-10-25(22-28)33-31-23-26-12-6-18-41-20-8-14-29(34(26)41)36(31)44-37-30-15-9-21-42-19-7-13-27(35(30)42)24-32(33)37/h5,10-11,22-24H,1-4,6-9,12-21,39H2/p+1. The van der Waals surface area contributed by atoms with Crippen LogP contribution in [0.5, 0.6) is 11.5 Å². The van der Waals surface area contributed by atoms with Crippen molar-refractivity contribution < 1.29 is 9.53 Å². The minimum absolute atomic E-state index is 0.00568. The highest BCUT2D eigenvalue weighted by Gasteiger charge is 2.35. The second kappa shape index (κ2) is 11.7. The molecule has 0 bridgehead atoms. The molecule has 5 aliphatic heterocycles. The number of anilines is 1. The highest BCUT2D eigenvalue weighted by Crippen LogP contribution is 2.48. The first-order chi connectivity index (χ1) is 21.7. The molecule has 0 unspecified atom stereocenters. The number of unbranched alkanes of at least 4 members (excludes halogenated alkanes) is 3. The molecule has 3 aromatic carbocycles. The number of nitrogens with two attached hydrogens (primary N) is 1. The third-order valence-corrected chi connectivity index (χ3v) is 10.5. The van der Waals surface area contributed by atoms with Gasteiger partial charge >= 0.3 is 0 Å². The van der Waals surface area contributed by atoms with Crippen LogP contribution in [0.4, 0.5) is 5.69 Å². The number of carbonyl (C=O) groups excluding carboxylic acids is 1. The summed E-state index contributed by atoms with van der Waals surface area (Å²) in [5.41, 5.74) is 17.1. The van der Waals surface area contributed by atoms with E-state index in [9.17, 15) is 4.79 Å². The third kappa shape index (κ3) is 4.73. The Kier molecular flexibility index (Phi) is 7.41. The van der Waals surface area contributed by atoms with Crippen LogP contribution in [0.15, 0.2) is 36.4 Å². The molecule has 5 heterocycles. The molecule has 0 saturated heterocycles. The summed E-state index contributed by atoms with van der Waals surface area (Å²) in [6.07, 6.45) is 13.3. The van der Waals surface area contributed by atoms with Crippen LogP contribution in [-0.4, -0.2) is 45.2 Å². The van der Waals surface area contributed by atoms with Crippen LogP contribution in [0.25, 0.3) is 5.57 Å². The smallest absolute Gasteiger partial charge is 0.251 e. The second-order valence-electron chi connectivity index (χ2n) is 13.4. The van der Waals surface area contributed by atoms with Gasteiger partial charge < -0.3 is 20.7 Å². The molecule has 0 atom stereocenters. The van der Waals surface area contributed by atoms with Gasteiger partial charge in [-0.25, -0.2) is 4.58 Å². The van der Waals surface area contributed by atoms with Crippen molar-refractivity contribution in [1.82, 2.24) is 9.89 Å². The van der Waals surface area contributed by atoms with Gasteiger partial charge in [0.25, 0.3) is 5.91 Å². The Bertz CT molecular complexity index is 1770. The Morgan fingerprint density at radius 2 is 1.66 bits per heavy atom. The van der Waals surface area contributed by atoms with E-state index in [4.69, 9.17) is 10.5 Å². The van der Waals surface area contributed by atoms with Crippen LogP contribution in [0.2, 0.25) is 0 Å². The van der Waals surface area contributed by atoms with Crippen molar-refractivity contribution in [2.45, 2.75) is 77.0 Å². The fraction of sp³-hybridized carbons (Fsp3) is 0.474. The van der Waals surface area contributed by atoms with E-state index in [0.717, 1.165) is 107 Å². The van der Waals surface area contributed by atoms with Gasteiger partial charge in [-0.05, 0) is 93.3 Å². The summed E-state index contributed by atoms with van der Waals surface area (Å²) in [7, 11) is 0. The van der Waals surface area contributed by atoms with Gasteiger partial charge in [0.15, 0.2) is 0 Å². The Morgan fingerprint density at radius 3 is 2.55 bits per heavy atom. The van der Waals surface area contributed by atoms with Gasteiger partial charge in [-0.3, -0.25) is 4.79 Å². The van der Waals surface area contributed by atoms with Gasteiger partial charge in [0.05, 0.1) is 5.56 Å². The van der Waals surface area contributed by atoms with Gasteiger partial charge in [0, 0.05) is 71.2 Å². The monoisotopic (exact) mass is 589 g/mol. The average Bonchev–Trinajstić information content (AvgIpc) is 3.06. The highest BCUT2D eigenvalue weighted by atomic mass is 16.5. The molecule has 6 nitrogen and oxygen atoms in total. The van der Waals surface area contributed by atoms with E-state index < -0.39 is 0 Å². The summed E-state index contributed by atoms with van der Waals surface area (Å²) in [4.78, 5) is 16.0. The SMILES string of the molecule is NCCCCCCNC(=O)c1cccc(C2=c3cc4c5c(c3Oc3c2cc2c6c3CCCN6CCC2)CCC[N+]=5CCC4)c1. The van der Waals surface area contributed by atoms with Crippen LogP contribution in [0.3, 0.4) is 0 Å². The third-order valence-electron chi connectivity index (χ3n) is 10.5. The number of amides is 1. The van der Waals surface area contributed by atoms with E-state index in [1.165, 1.54) is 75.3 Å². The van der Waals surface area contributed by atoms with Crippen LogP contribution in [-0.2, 0) is 25.7 Å². The Labute approximate surface area is 260 Å². The normalized spacial score (nSPS) is 17.7. The molecule has 0 fully saturated rings. The molecule has 8 rings (SSSR count). The van der Waals surface area contributed by atoms with Gasteiger partial charge in [-0.2, -0.15) is 0 Å². The summed E-state index contributed by atoms with van der Waals surface area (Å²) in [5, 5.41) is 5.83. The summed E-state index contributed by atoms with van der Waals surface area (Å²) < 4.78 is 9.79. The lowest BCUT2D eigenvalue weighted by molar-refractivity contribution is 0.0953. The maximum atomic E-state index is 13.4. The van der Waals surface area contributed by atoms with E-state index in [2.05, 4.69) is 45.1 Å². The zero-order valence-corrected chi connectivity index (χ0v) is 26.0. The maximum absolute atomic E-state index is 13.4. The Hall–Kier alpha value is -3.64. The van der Waals surface area contributed by atoms with Crippen molar-refractivity contribution in [2.75, 3.05) is 44.2 Å². The number of nitrogens with zero attached hydrogens (tertiary/aromatic N) is 2. The number of aryl methyl sites for hydroxylation is 2. The molecule has 0 aliphatic carbocycles. The van der Waals surface area contributed by atoms with Crippen LogP contribution in [0, 0.1) is 0 Å². The molecule has 0 radical (unpaired) electrons. The largest absolute Gasteiger partial charge is 0.455 e. The topological polar surface area (TPSA) is 70.6 Å². The van der Waals surface area contributed by atoms with Crippen LogP contribution >= 0.6 is 0 Å². The maximum Gasteiger partial charge on any atom is 0.251 e. The molecular weight excluding hydrogens is 544 g/mol. The molecule has 44 heavy (non-hydrogen) atoms. The minimum atomic E-state index is 0.00568. The molecule has 1 amide bonds. The molecule has 5 aliphatic rings. The number of carbonyl (C=O) groups is 1. The highest BCUT2D eigenvalue weighted by molar-refractivity contribution is 5.96. The van der Waals surface area contributed by atoms with E-state index in [1.54, 1.807) is 0 Å². The molecule has 3 N–H and O–H groups in total. The molecule has 6 heteroatoms. The van der Waals surface area contributed by atoms with Crippen molar-refractivity contribution in [3.8, 4) is 11.5 Å². The summed E-state index contributed by atoms with van der Waals surface area (Å²) in [5.74, 6) is 2.13. The number of fused-ring (bicyclic) bond motifs is 4. The number of hydrogen-bond donors (Lipinski definition) is 2. The lowest BCUT2D eigenvalue weighted by atomic mass is 9.82. The van der Waals surface area contributed by atoms with Gasteiger partial charge in [0.1, 0.15) is 24.6 Å². The molecule has 3 aromatic rings. The summed E-state index contributed by atoms with van der Waals surface area (Å²) >= 11 is 0. The number of rotatable bonds is 8. The lowest BCUT2D eigenvalue weighted by Gasteiger charge is -2.39. The first-order valence-electron chi connectivity index (χ1n) is 17.2. The van der Waals surface area contributed by atoms with Crippen molar-refractivity contribution in [3.05, 3.63) is 85.9 Å². The van der Waals surface area contributed by atoms with Crippen LogP contribution < -0.4 is 35.8 Å². The van der Waals surface area contributed by atoms with Gasteiger partial charge in [-0.15, -0.1) is 0 Å². The van der Waals surface area contributed by atoms with Crippen molar-refractivity contribution >= 4 is 17.2 Å². The fourth-order valence-electron chi connectivity index (χ4n) is 8.57. The zero-order chi connectivity index (χ0) is 29.6. The Morgan fingerprint density at radius 1 is 0.864 bits per heavy atom. The average molecular weight is 590 g/mol. The van der Waals surface area contributed by atoms with Crippen molar-refractivity contribution in [1.29, 1.82) is 0 Å². The number of hydrogen-bond acceptors (Lipinski definition) is 4. The minimum Gasteiger partial charge on any atom is -0.455 e. The summed E-state index contributed by atoms with van der Waals surface area (Å²) in [6, 6.07) is 13.2. The number of benzene rings is 3. The molecule has 0 saturated carbocycles. The van der Waals surface area contributed by atoms with Gasteiger partial charge in [-0.1, -0.05) is 25.0 Å². The molecular formula is C38H45N4O2+. The van der Waals surface area contributed by atoms with E-state index in [1.807, 2.05) is 6.07 Å². The molecule has 0 spiro atoms. The quantitative estimate of drug-likeness (QED) is 0.237. The van der Waals surface area contributed by atoms with Crippen molar-refractivity contribution in [2.24, 2.45) is 5.73 Å². The molecule has 0 aromatic heterocycles. The zero-order valence-electron chi connectivity index (χ0n) is 26.0. The predicted octanol–water partition coefficient (Wildman–Crippen LogP) is 4.37. The first-order valence-corrected chi connectivity index (χ1v) is 17.2. The summed E-state index contributed by atoms with van der Waals surface area (Å²) in [6.45, 7) is 6.00. The second-order valence-corrected chi connectivity index (χ2v) is 13.4. The molecule has 228 valence electrons. The predicted molar refractivity (Wildman–Crippen MR) is 177 cm³/mol. The van der Waals surface area contributed by atoms with Crippen molar-refractivity contribution in [3.63, 3.8) is 0 Å². The van der Waals surface area contributed by atoms with Gasteiger partial charge in [0.2, 0.25) is 5.36 Å². The Balaban J connectivity index is 1.29. The number of ether oxygens (including phenoxy) is 1. The lowest BCUT2D eigenvalue weighted by Crippen LogP contribution is -2.45. The van der Waals surface area contributed by atoms with E-state index in [0.29, 0.717) is 6.54 Å².